The lowest BCUT2D eigenvalue weighted by Gasteiger charge is -2.27. The smallest absolute Gasteiger partial charge is 0.145 e. The number of fused-ring (bicyclic) bond motifs is 1. The number of nitrogens with zero attached hydrogens (tertiary/aromatic N) is 3. The van der Waals surface area contributed by atoms with Crippen molar-refractivity contribution in [3.63, 3.8) is 0 Å². The molecule has 0 N–H and O–H groups in total. The van der Waals surface area contributed by atoms with Crippen LogP contribution in [0.3, 0.4) is 0 Å². The van der Waals surface area contributed by atoms with Crippen LogP contribution in [0.1, 0.15) is 44.0 Å². The van der Waals surface area contributed by atoms with Crippen LogP contribution in [0, 0.1) is 19.8 Å². The molecule has 2 heterocycles. The summed E-state index contributed by atoms with van der Waals surface area (Å²) >= 11 is 8.09. The quantitative estimate of drug-likeness (QED) is 0.737. The zero-order valence-corrected chi connectivity index (χ0v) is 15.3. The van der Waals surface area contributed by atoms with Crippen molar-refractivity contribution in [2.75, 3.05) is 6.54 Å². The maximum Gasteiger partial charge on any atom is 0.145 e. The monoisotopic (exact) mass is 325 g/mol. The Morgan fingerprint density at radius 3 is 2.38 bits per heavy atom. The third-order valence-corrected chi connectivity index (χ3v) is 5.08. The maximum absolute atomic E-state index is 6.39. The van der Waals surface area contributed by atoms with E-state index >= 15 is 0 Å². The minimum Gasteiger partial charge on any atom is -0.293 e. The van der Waals surface area contributed by atoms with Crippen LogP contribution in [0.4, 0.5) is 0 Å². The number of hydrogen-bond acceptors (Lipinski definition) is 4. The van der Waals surface area contributed by atoms with Gasteiger partial charge < -0.3 is 0 Å². The van der Waals surface area contributed by atoms with Gasteiger partial charge in [-0.3, -0.25) is 4.90 Å². The Labute approximate surface area is 136 Å². The van der Waals surface area contributed by atoms with Crippen LogP contribution in [0.2, 0.25) is 5.15 Å². The van der Waals surface area contributed by atoms with Crippen molar-refractivity contribution in [1.82, 2.24) is 14.9 Å². The van der Waals surface area contributed by atoms with Crippen molar-refractivity contribution in [3.8, 4) is 0 Å². The average Bonchev–Trinajstić information content (AvgIpc) is 2.63. The highest BCUT2D eigenvalue weighted by Gasteiger charge is 2.17. The van der Waals surface area contributed by atoms with Gasteiger partial charge in [0.1, 0.15) is 15.8 Å². The fourth-order valence-electron chi connectivity index (χ4n) is 2.42. The van der Waals surface area contributed by atoms with E-state index in [1.165, 1.54) is 10.4 Å². The van der Waals surface area contributed by atoms with E-state index in [2.05, 4.69) is 51.4 Å². The molecule has 2 rings (SSSR count). The van der Waals surface area contributed by atoms with Gasteiger partial charge in [-0.05, 0) is 39.2 Å². The van der Waals surface area contributed by atoms with Crippen LogP contribution in [0.15, 0.2) is 0 Å². The molecule has 0 fully saturated rings. The van der Waals surface area contributed by atoms with E-state index < -0.39 is 0 Å². The van der Waals surface area contributed by atoms with Crippen molar-refractivity contribution in [2.45, 2.75) is 54.1 Å². The molecule has 0 unspecified atom stereocenters. The Hall–Kier alpha value is -0.710. The van der Waals surface area contributed by atoms with Gasteiger partial charge in [-0.2, -0.15) is 0 Å². The molecular formula is C16H24ClN3S. The Bertz CT molecular complexity index is 634. The molecule has 0 aromatic carbocycles. The van der Waals surface area contributed by atoms with Gasteiger partial charge in [0.15, 0.2) is 0 Å². The predicted molar refractivity (Wildman–Crippen MR) is 92.3 cm³/mol. The minimum absolute atomic E-state index is 0.470. The molecule has 0 bridgehead atoms. The molecule has 3 nitrogen and oxygen atoms in total. The first-order valence-electron chi connectivity index (χ1n) is 7.45. The normalized spacial score (nSPS) is 12.3. The third-order valence-electron chi connectivity index (χ3n) is 3.71. The summed E-state index contributed by atoms with van der Waals surface area (Å²) in [6.45, 7) is 14.9. The minimum atomic E-state index is 0.470. The molecule has 116 valence electrons. The molecule has 21 heavy (non-hydrogen) atoms. The Balaban J connectivity index is 2.34. The van der Waals surface area contributed by atoms with E-state index in [0.717, 1.165) is 29.1 Å². The van der Waals surface area contributed by atoms with Gasteiger partial charge in [0, 0.05) is 17.5 Å². The molecule has 0 saturated carbocycles. The van der Waals surface area contributed by atoms with Gasteiger partial charge in [0.25, 0.3) is 0 Å². The number of rotatable bonds is 5. The molecule has 0 saturated heterocycles. The summed E-state index contributed by atoms with van der Waals surface area (Å²) in [5, 5.41) is 1.60. The number of thiophene rings is 1. The van der Waals surface area contributed by atoms with E-state index in [1.807, 2.05) is 0 Å². The van der Waals surface area contributed by atoms with Crippen molar-refractivity contribution in [2.24, 2.45) is 5.92 Å². The molecule has 0 spiro atoms. The highest BCUT2D eigenvalue weighted by molar-refractivity contribution is 7.18. The molecule has 2 aromatic heterocycles. The van der Waals surface area contributed by atoms with E-state index in [0.29, 0.717) is 17.1 Å². The van der Waals surface area contributed by atoms with E-state index in [4.69, 9.17) is 16.6 Å². The van der Waals surface area contributed by atoms with E-state index in [-0.39, 0.29) is 0 Å². The average molecular weight is 326 g/mol. The number of halogens is 1. The molecular weight excluding hydrogens is 302 g/mol. The lowest BCUT2D eigenvalue weighted by molar-refractivity contribution is 0.185. The van der Waals surface area contributed by atoms with Crippen LogP contribution in [0.25, 0.3) is 10.2 Å². The molecule has 0 radical (unpaired) electrons. The summed E-state index contributed by atoms with van der Waals surface area (Å²) in [6.07, 6.45) is 0. The van der Waals surface area contributed by atoms with Crippen LogP contribution < -0.4 is 0 Å². The Kier molecular flexibility index (Phi) is 5.23. The highest BCUT2D eigenvalue weighted by Crippen LogP contribution is 2.33. The summed E-state index contributed by atoms with van der Waals surface area (Å²) < 4.78 is 0. The first-order chi connectivity index (χ1) is 9.79. The summed E-state index contributed by atoms with van der Waals surface area (Å²) in [4.78, 5) is 13.9. The van der Waals surface area contributed by atoms with Gasteiger partial charge in [-0.15, -0.1) is 11.3 Å². The zero-order chi connectivity index (χ0) is 15.7. The first kappa shape index (κ1) is 16.7. The number of aryl methyl sites for hydroxylation is 2. The fraction of sp³-hybridized carbons (Fsp3) is 0.625. The summed E-state index contributed by atoms with van der Waals surface area (Å²) in [5.74, 6) is 1.45. The molecule has 2 aromatic rings. The van der Waals surface area contributed by atoms with Gasteiger partial charge >= 0.3 is 0 Å². The molecule has 0 aliphatic rings. The number of aromatic nitrogens is 2. The van der Waals surface area contributed by atoms with Crippen molar-refractivity contribution in [1.29, 1.82) is 0 Å². The predicted octanol–water partition coefficient (Wildman–Crippen LogP) is 4.83. The van der Waals surface area contributed by atoms with Gasteiger partial charge in [0.05, 0.1) is 11.9 Å². The van der Waals surface area contributed by atoms with Crippen molar-refractivity contribution in [3.05, 3.63) is 21.4 Å². The molecule has 0 aliphatic heterocycles. The van der Waals surface area contributed by atoms with Crippen molar-refractivity contribution >= 4 is 33.2 Å². The maximum atomic E-state index is 6.39. The van der Waals surface area contributed by atoms with Gasteiger partial charge in [-0.1, -0.05) is 25.4 Å². The second-order valence-corrected chi connectivity index (χ2v) is 7.87. The van der Waals surface area contributed by atoms with Gasteiger partial charge in [-0.25, -0.2) is 9.97 Å². The Morgan fingerprint density at radius 1 is 1.14 bits per heavy atom. The van der Waals surface area contributed by atoms with Crippen LogP contribution >= 0.6 is 22.9 Å². The second-order valence-electron chi connectivity index (χ2n) is 6.31. The molecule has 0 aliphatic carbocycles. The van der Waals surface area contributed by atoms with E-state index in [9.17, 15) is 0 Å². The van der Waals surface area contributed by atoms with Crippen LogP contribution in [-0.4, -0.2) is 27.5 Å². The number of hydrogen-bond donors (Lipinski definition) is 0. The topological polar surface area (TPSA) is 29.0 Å². The summed E-state index contributed by atoms with van der Waals surface area (Å²) in [6, 6.07) is 0.470. The van der Waals surface area contributed by atoms with E-state index in [1.54, 1.807) is 11.3 Å². The first-order valence-corrected chi connectivity index (χ1v) is 8.65. The summed E-state index contributed by atoms with van der Waals surface area (Å²) in [5.41, 5.74) is 1.20. The van der Waals surface area contributed by atoms with Crippen molar-refractivity contribution < 1.29 is 0 Å². The van der Waals surface area contributed by atoms with Gasteiger partial charge in [0.2, 0.25) is 0 Å². The standard InChI is InChI=1S/C16H24ClN3S/c1-9(2)7-20(10(3)4)8-13-18-15(17)14-11(5)12(6)21-16(14)19-13/h9-10H,7-8H2,1-6H3. The molecule has 0 atom stereocenters. The van der Waals surface area contributed by atoms with Crippen LogP contribution in [0.5, 0.6) is 0 Å². The highest BCUT2D eigenvalue weighted by atomic mass is 35.5. The SMILES string of the molecule is Cc1sc2nc(CN(CC(C)C)C(C)C)nc(Cl)c2c1C. The lowest BCUT2D eigenvalue weighted by atomic mass is 10.2. The zero-order valence-electron chi connectivity index (χ0n) is 13.7. The second kappa shape index (κ2) is 6.59. The largest absolute Gasteiger partial charge is 0.293 e. The fourth-order valence-corrected chi connectivity index (χ4v) is 3.85. The lowest BCUT2D eigenvalue weighted by Crippen LogP contribution is -2.34. The molecule has 0 amide bonds. The van der Waals surface area contributed by atoms with Crippen LogP contribution in [-0.2, 0) is 6.54 Å². The Morgan fingerprint density at radius 2 is 1.81 bits per heavy atom. The third kappa shape index (κ3) is 3.74. The summed E-state index contributed by atoms with van der Waals surface area (Å²) in [7, 11) is 0. The molecule has 5 heteroatoms.